The molecule has 0 unspecified atom stereocenters. The first-order chi connectivity index (χ1) is 7.22. The molecule has 0 fully saturated rings. The predicted molar refractivity (Wildman–Crippen MR) is 52.5 cm³/mol. The van der Waals surface area contributed by atoms with Gasteiger partial charge in [-0.15, -0.1) is 0 Å². The molecule has 0 amide bonds. The summed E-state index contributed by atoms with van der Waals surface area (Å²) in [7, 11) is 1.28. The van der Waals surface area contributed by atoms with Gasteiger partial charge in [0.25, 0.3) is 0 Å². The molecule has 2 heterocycles. The van der Waals surface area contributed by atoms with E-state index in [-0.39, 0.29) is 11.4 Å². The topological polar surface area (TPSA) is 72.3 Å². The number of aromatic hydroxyl groups is 1. The second-order valence-corrected chi connectivity index (χ2v) is 2.92. The zero-order valence-electron chi connectivity index (χ0n) is 7.97. The van der Waals surface area contributed by atoms with Gasteiger partial charge in [0.1, 0.15) is 11.2 Å². The first kappa shape index (κ1) is 9.39. The molecular formula is C10H8N2O3. The number of hydrogen-bond donors (Lipinski definition) is 1. The quantitative estimate of drug-likeness (QED) is 0.705. The number of methoxy groups -OCH3 is 1. The van der Waals surface area contributed by atoms with Crippen LogP contribution >= 0.6 is 0 Å². The highest BCUT2D eigenvalue weighted by atomic mass is 16.5. The van der Waals surface area contributed by atoms with Gasteiger partial charge in [-0.2, -0.15) is 0 Å². The highest BCUT2D eigenvalue weighted by Crippen LogP contribution is 2.20. The summed E-state index contributed by atoms with van der Waals surface area (Å²) in [4.78, 5) is 19.0. The van der Waals surface area contributed by atoms with E-state index in [4.69, 9.17) is 0 Å². The molecule has 2 rings (SSSR count). The number of carbonyl (C=O) groups is 1. The monoisotopic (exact) mass is 204 g/mol. The van der Waals surface area contributed by atoms with Crippen molar-refractivity contribution in [1.29, 1.82) is 0 Å². The molecule has 0 saturated carbocycles. The molecule has 0 spiro atoms. The first-order valence-electron chi connectivity index (χ1n) is 4.24. The van der Waals surface area contributed by atoms with E-state index >= 15 is 0 Å². The van der Waals surface area contributed by atoms with Crippen LogP contribution < -0.4 is 0 Å². The smallest absolute Gasteiger partial charge is 0.356 e. The number of hydrogen-bond acceptors (Lipinski definition) is 5. The van der Waals surface area contributed by atoms with Gasteiger partial charge >= 0.3 is 5.97 Å². The highest BCUT2D eigenvalue weighted by Gasteiger charge is 2.09. The van der Waals surface area contributed by atoms with Crippen LogP contribution in [0.4, 0.5) is 0 Å². The van der Waals surface area contributed by atoms with Crippen LogP contribution in [0.2, 0.25) is 0 Å². The van der Waals surface area contributed by atoms with E-state index in [2.05, 4.69) is 14.7 Å². The standard InChI is InChI=1S/C10H8N2O3/c1-15-10(14)7-3-2-6-4-11-5-8(13)9(6)12-7/h2-5,13H,1H3. The predicted octanol–water partition coefficient (Wildman–Crippen LogP) is 1.12. The highest BCUT2D eigenvalue weighted by molar-refractivity contribution is 5.92. The minimum Gasteiger partial charge on any atom is -0.504 e. The summed E-state index contributed by atoms with van der Waals surface area (Å²) < 4.78 is 4.53. The van der Waals surface area contributed by atoms with E-state index in [9.17, 15) is 9.90 Å². The number of nitrogens with zero attached hydrogens (tertiary/aromatic N) is 2. The van der Waals surface area contributed by atoms with Crippen LogP contribution in [-0.2, 0) is 4.74 Å². The average molecular weight is 204 g/mol. The number of aromatic nitrogens is 2. The summed E-state index contributed by atoms with van der Waals surface area (Å²) in [5, 5.41) is 10.1. The molecule has 0 radical (unpaired) electrons. The Hall–Kier alpha value is -2.17. The van der Waals surface area contributed by atoms with Crippen molar-refractivity contribution in [3.63, 3.8) is 0 Å². The second-order valence-electron chi connectivity index (χ2n) is 2.92. The molecule has 1 N–H and O–H groups in total. The molecule has 0 aromatic carbocycles. The molecule has 5 heteroatoms. The van der Waals surface area contributed by atoms with Gasteiger partial charge < -0.3 is 9.84 Å². The maximum absolute atomic E-state index is 11.2. The van der Waals surface area contributed by atoms with Crippen LogP contribution in [0, 0.1) is 0 Å². The summed E-state index contributed by atoms with van der Waals surface area (Å²) in [5.41, 5.74) is 0.499. The summed E-state index contributed by atoms with van der Waals surface area (Å²) in [6, 6.07) is 3.18. The van der Waals surface area contributed by atoms with Crippen LogP contribution in [0.25, 0.3) is 10.9 Å². The molecule has 0 aliphatic rings. The molecule has 0 aliphatic carbocycles. The Kier molecular flexibility index (Phi) is 2.21. The van der Waals surface area contributed by atoms with Crippen molar-refractivity contribution in [2.45, 2.75) is 0 Å². The molecule has 2 aromatic heterocycles. The van der Waals surface area contributed by atoms with E-state index in [0.29, 0.717) is 10.9 Å². The van der Waals surface area contributed by atoms with E-state index < -0.39 is 5.97 Å². The summed E-state index contributed by atoms with van der Waals surface area (Å²) in [6.07, 6.45) is 2.83. The van der Waals surface area contributed by atoms with Crippen LogP contribution in [0.15, 0.2) is 24.5 Å². The fraction of sp³-hybridized carbons (Fsp3) is 0.100. The Morgan fingerprint density at radius 3 is 2.93 bits per heavy atom. The lowest BCUT2D eigenvalue weighted by molar-refractivity contribution is 0.0594. The van der Waals surface area contributed by atoms with Crippen molar-refractivity contribution in [2.24, 2.45) is 0 Å². The third-order valence-corrected chi connectivity index (χ3v) is 1.97. The molecule has 0 bridgehead atoms. The average Bonchev–Trinajstić information content (AvgIpc) is 2.28. The Labute approximate surface area is 85.4 Å². The van der Waals surface area contributed by atoms with Gasteiger partial charge in [0.2, 0.25) is 0 Å². The second kappa shape index (κ2) is 3.53. The number of esters is 1. The number of pyridine rings is 2. The van der Waals surface area contributed by atoms with E-state index in [0.717, 1.165) is 0 Å². The fourth-order valence-electron chi connectivity index (χ4n) is 1.25. The normalized spacial score (nSPS) is 10.2. The van der Waals surface area contributed by atoms with Crippen LogP contribution in [-0.4, -0.2) is 28.2 Å². The van der Waals surface area contributed by atoms with Gasteiger partial charge in [0, 0.05) is 11.6 Å². The molecule has 5 nitrogen and oxygen atoms in total. The van der Waals surface area contributed by atoms with Gasteiger partial charge in [-0.1, -0.05) is 0 Å². The third kappa shape index (κ3) is 1.59. The third-order valence-electron chi connectivity index (χ3n) is 1.97. The maximum atomic E-state index is 11.2. The van der Waals surface area contributed by atoms with E-state index in [1.807, 2.05) is 0 Å². The van der Waals surface area contributed by atoms with Gasteiger partial charge in [-0.25, -0.2) is 9.78 Å². The Morgan fingerprint density at radius 2 is 2.20 bits per heavy atom. The number of rotatable bonds is 1. The van der Waals surface area contributed by atoms with Crippen molar-refractivity contribution in [3.05, 3.63) is 30.2 Å². The molecule has 0 aliphatic heterocycles. The largest absolute Gasteiger partial charge is 0.504 e. The molecule has 76 valence electrons. The van der Waals surface area contributed by atoms with Gasteiger partial charge in [-0.05, 0) is 12.1 Å². The molecule has 0 saturated heterocycles. The molecule has 15 heavy (non-hydrogen) atoms. The Bertz CT molecular complexity index is 525. The van der Waals surface area contributed by atoms with Crippen molar-refractivity contribution in [1.82, 2.24) is 9.97 Å². The van der Waals surface area contributed by atoms with Crippen molar-refractivity contribution in [3.8, 4) is 5.75 Å². The van der Waals surface area contributed by atoms with Crippen molar-refractivity contribution in [2.75, 3.05) is 7.11 Å². The molecule has 0 atom stereocenters. The van der Waals surface area contributed by atoms with Crippen LogP contribution in [0.1, 0.15) is 10.5 Å². The lowest BCUT2D eigenvalue weighted by Crippen LogP contribution is -2.03. The first-order valence-corrected chi connectivity index (χ1v) is 4.24. The van der Waals surface area contributed by atoms with Crippen molar-refractivity contribution >= 4 is 16.9 Å². The van der Waals surface area contributed by atoms with Crippen LogP contribution in [0.5, 0.6) is 5.75 Å². The van der Waals surface area contributed by atoms with E-state index in [1.54, 1.807) is 12.3 Å². The summed E-state index contributed by atoms with van der Waals surface area (Å²) >= 11 is 0. The molecular weight excluding hydrogens is 196 g/mol. The van der Waals surface area contributed by atoms with Gasteiger partial charge in [0.05, 0.1) is 13.3 Å². The summed E-state index contributed by atoms with van der Waals surface area (Å²) in [6.45, 7) is 0. The maximum Gasteiger partial charge on any atom is 0.356 e. The number of ether oxygens (including phenoxy) is 1. The van der Waals surface area contributed by atoms with Gasteiger partial charge in [-0.3, -0.25) is 4.98 Å². The number of fused-ring (bicyclic) bond motifs is 1. The molecule has 2 aromatic rings. The minimum atomic E-state index is -0.534. The Morgan fingerprint density at radius 1 is 1.40 bits per heavy atom. The Balaban J connectivity index is 2.64. The fourth-order valence-corrected chi connectivity index (χ4v) is 1.25. The van der Waals surface area contributed by atoms with Crippen molar-refractivity contribution < 1.29 is 14.6 Å². The van der Waals surface area contributed by atoms with Crippen LogP contribution in [0.3, 0.4) is 0 Å². The zero-order chi connectivity index (χ0) is 10.8. The minimum absolute atomic E-state index is 0.0572. The SMILES string of the molecule is COC(=O)c1ccc2cncc(O)c2n1. The van der Waals surface area contributed by atoms with E-state index in [1.165, 1.54) is 19.4 Å². The lowest BCUT2D eigenvalue weighted by Gasteiger charge is -2.01. The number of carbonyl (C=O) groups excluding carboxylic acids is 1. The summed E-state index contributed by atoms with van der Waals surface area (Å²) in [5.74, 6) is -0.591. The van der Waals surface area contributed by atoms with Gasteiger partial charge in [0.15, 0.2) is 5.75 Å². The zero-order valence-corrected chi connectivity index (χ0v) is 7.97. The lowest BCUT2D eigenvalue weighted by atomic mass is 10.2.